The summed E-state index contributed by atoms with van der Waals surface area (Å²) in [7, 11) is 1.58. The highest BCUT2D eigenvalue weighted by molar-refractivity contribution is 5.94. The number of piperazine rings is 1. The van der Waals surface area contributed by atoms with Crippen LogP contribution in [0.4, 0.5) is 10.5 Å². The van der Waals surface area contributed by atoms with Crippen molar-refractivity contribution < 1.29 is 19.1 Å². The fraction of sp³-hybridized carbons (Fsp3) is 0.423. The molecule has 34 heavy (non-hydrogen) atoms. The van der Waals surface area contributed by atoms with Crippen LogP contribution in [0.1, 0.15) is 26.3 Å². The van der Waals surface area contributed by atoms with Gasteiger partial charge < -0.3 is 25.2 Å². The average Bonchev–Trinajstić information content (AvgIpc) is 2.83. The normalized spacial score (nSPS) is 16.7. The zero-order valence-corrected chi connectivity index (χ0v) is 20.3. The first kappa shape index (κ1) is 25.1. The molecule has 1 aliphatic rings. The van der Waals surface area contributed by atoms with Gasteiger partial charge in [0.25, 0.3) is 0 Å². The molecular weight excluding hydrogens is 432 g/mol. The van der Waals surface area contributed by atoms with Crippen LogP contribution < -0.4 is 15.4 Å². The third-order valence-electron chi connectivity index (χ3n) is 6.02. The van der Waals surface area contributed by atoms with Gasteiger partial charge in [-0.1, -0.05) is 44.2 Å². The van der Waals surface area contributed by atoms with Gasteiger partial charge in [0.2, 0.25) is 11.8 Å². The molecule has 0 saturated carbocycles. The summed E-state index contributed by atoms with van der Waals surface area (Å²) < 4.78 is 5.13. The number of amides is 4. The van der Waals surface area contributed by atoms with E-state index < -0.39 is 12.1 Å². The zero-order chi connectivity index (χ0) is 24.7. The highest BCUT2D eigenvalue weighted by Crippen LogP contribution is 2.17. The fourth-order valence-electron chi connectivity index (χ4n) is 4.09. The Bertz CT molecular complexity index is 978. The summed E-state index contributed by atoms with van der Waals surface area (Å²) in [5.74, 6) is 0.518. The lowest BCUT2D eigenvalue weighted by molar-refractivity contribution is -0.143. The van der Waals surface area contributed by atoms with E-state index in [4.69, 9.17) is 4.74 Å². The first-order valence-electron chi connectivity index (χ1n) is 11.6. The molecule has 0 radical (unpaired) electrons. The van der Waals surface area contributed by atoms with Crippen LogP contribution in [0, 0.1) is 5.92 Å². The van der Waals surface area contributed by atoms with Gasteiger partial charge in [0, 0.05) is 31.4 Å². The van der Waals surface area contributed by atoms with Crippen LogP contribution in [0.2, 0.25) is 0 Å². The topological polar surface area (TPSA) is 91.0 Å². The summed E-state index contributed by atoms with van der Waals surface area (Å²) in [5.41, 5.74) is 1.58. The molecule has 182 valence electrons. The predicted molar refractivity (Wildman–Crippen MR) is 132 cm³/mol. The Morgan fingerprint density at radius 1 is 1.03 bits per heavy atom. The molecule has 0 aliphatic carbocycles. The number of urea groups is 1. The van der Waals surface area contributed by atoms with Gasteiger partial charge in [-0.15, -0.1) is 0 Å². The number of carbonyl (C=O) groups is 3. The maximum Gasteiger partial charge on any atom is 0.319 e. The summed E-state index contributed by atoms with van der Waals surface area (Å²) in [4.78, 5) is 42.2. The van der Waals surface area contributed by atoms with E-state index in [0.29, 0.717) is 37.5 Å². The Morgan fingerprint density at radius 3 is 2.29 bits per heavy atom. The van der Waals surface area contributed by atoms with Crippen molar-refractivity contribution in [3.8, 4) is 5.75 Å². The van der Waals surface area contributed by atoms with Crippen molar-refractivity contribution in [2.45, 2.75) is 39.3 Å². The number of nitrogens with zero attached hydrogens (tertiary/aromatic N) is 2. The lowest BCUT2D eigenvalue weighted by Gasteiger charge is -2.41. The number of rotatable bonds is 7. The van der Waals surface area contributed by atoms with Gasteiger partial charge >= 0.3 is 6.03 Å². The van der Waals surface area contributed by atoms with E-state index in [1.54, 1.807) is 36.3 Å². The van der Waals surface area contributed by atoms with Crippen molar-refractivity contribution in [3.05, 3.63) is 60.2 Å². The number of benzene rings is 2. The van der Waals surface area contributed by atoms with E-state index in [1.807, 2.05) is 56.0 Å². The van der Waals surface area contributed by atoms with Crippen LogP contribution in [-0.4, -0.2) is 66.5 Å². The summed E-state index contributed by atoms with van der Waals surface area (Å²) in [5, 5.41) is 5.58. The third-order valence-corrected chi connectivity index (χ3v) is 6.02. The Kier molecular flexibility index (Phi) is 8.51. The SMILES string of the molecule is COc1ccc(NC(=O)NC(C(=O)N2CCN(C(=O)Cc3ccccc3)C(C)C2)C(C)C)cc1. The standard InChI is InChI=1S/C26H34N4O4/c1-18(2)24(28-26(33)27-21-10-12-22(34-4)13-11-21)25(32)29-14-15-30(19(3)17-29)23(31)16-20-8-6-5-7-9-20/h5-13,18-19,24H,14-17H2,1-4H3,(H2,27,28,33). The summed E-state index contributed by atoms with van der Waals surface area (Å²) >= 11 is 0. The molecule has 0 aromatic heterocycles. The van der Waals surface area contributed by atoms with Crippen molar-refractivity contribution in [2.24, 2.45) is 5.92 Å². The zero-order valence-electron chi connectivity index (χ0n) is 20.3. The maximum absolute atomic E-state index is 13.3. The molecular formula is C26H34N4O4. The number of hydrogen-bond donors (Lipinski definition) is 2. The monoisotopic (exact) mass is 466 g/mol. The summed E-state index contributed by atoms with van der Waals surface area (Å²) in [6.07, 6.45) is 0.348. The van der Waals surface area contributed by atoms with E-state index in [0.717, 1.165) is 5.56 Å². The molecule has 1 heterocycles. The van der Waals surface area contributed by atoms with Crippen LogP contribution in [0.15, 0.2) is 54.6 Å². The first-order valence-corrected chi connectivity index (χ1v) is 11.6. The highest BCUT2D eigenvalue weighted by atomic mass is 16.5. The lowest BCUT2D eigenvalue weighted by atomic mass is 10.0. The van der Waals surface area contributed by atoms with E-state index in [-0.39, 0.29) is 23.8 Å². The van der Waals surface area contributed by atoms with E-state index >= 15 is 0 Å². The average molecular weight is 467 g/mol. The van der Waals surface area contributed by atoms with Gasteiger partial charge in [-0.25, -0.2) is 4.79 Å². The van der Waals surface area contributed by atoms with Crippen molar-refractivity contribution in [3.63, 3.8) is 0 Å². The van der Waals surface area contributed by atoms with Crippen LogP contribution >= 0.6 is 0 Å². The van der Waals surface area contributed by atoms with Crippen LogP contribution in [0.25, 0.3) is 0 Å². The van der Waals surface area contributed by atoms with Crippen molar-refractivity contribution in [1.82, 2.24) is 15.1 Å². The minimum Gasteiger partial charge on any atom is -0.497 e. The Hall–Kier alpha value is -3.55. The molecule has 2 N–H and O–H groups in total. The number of ether oxygens (including phenoxy) is 1. The van der Waals surface area contributed by atoms with Gasteiger partial charge in [-0.05, 0) is 42.7 Å². The molecule has 8 heteroatoms. The molecule has 3 rings (SSSR count). The molecule has 1 saturated heterocycles. The van der Waals surface area contributed by atoms with Gasteiger partial charge in [-0.2, -0.15) is 0 Å². The summed E-state index contributed by atoms with van der Waals surface area (Å²) in [6.45, 7) is 7.11. The third kappa shape index (κ3) is 6.50. The highest BCUT2D eigenvalue weighted by Gasteiger charge is 2.34. The smallest absolute Gasteiger partial charge is 0.319 e. The number of methoxy groups -OCH3 is 1. The van der Waals surface area contributed by atoms with Crippen molar-refractivity contribution in [1.29, 1.82) is 0 Å². The van der Waals surface area contributed by atoms with Crippen molar-refractivity contribution >= 4 is 23.5 Å². The first-order chi connectivity index (χ1) is 16.3. The second-order valence-electron chi connectivity index (χ2n) is 8.93. The maximum atomic E-state index is 13.3. The molecule has 0 bridgehead atoms. The van der Waals surface area contributed by atoms with Gasteiger partial charge in [0.15, 0.2) is 0 Å². The van der Waals surface area contributed by atoms with E-state index in [9.17, 15) is 14.4 Å². The lowest BCUT2D eigenvalue weighted by Crippen LogP contribution is -2.60. The van der Waals surface area contributed by atoms with Gasteiger partial charge in [0.05, 0.1) is 13.5 Å². The Morgan fingerprint density at radius 2 is 1.71 bits per heavy atom. The molecule has 4 amide bonds. The van der Waals surface area contributed by atoms with Crippen LogP contribution in [-0.2, 0) is 16.0 Å². The quantitative estimate of drug-likeness (QED) is 0.656. The molecule has 2 aromatic carbocycles. The van der Waals surface area contributed by atoms with Crippen LogP contribution in [0.5, 0.6) is 5.75 Å². The van der Waals surface area contributed by atoms with Crippen LogP contribution in [0.3, 0.4) is 0 Å². The van der Waals surface area contributed by atoms with E-state index in [2.05, 4.69) is 10.6 Å². The second kappa shape index (κ2) is 11.5. The fourth-order valence-corrected chi connectivity index (χ4v) is 4.09. The molecule has 1 fully saturated rings. The molecule has 0 spiro atoms. The van der Waals surface area contributed by atoms with Gasteiger partial charge in [-0.3, -0.25) is 9.59 Å². The largest absolute Gasteiger partial charge is 0.497 e. The Labute approximate surface area is 201 Å². The molecule has 2 aromatic rings. The van der Waals surface area contributed by atoms with E-state index in [1.165, 1.54) is 0 Å². The number of carbonyl (C=O) groups excluding carboxylic acids is 3. The second-order valence-corrected chi connectivity index (χ2v) is 8.93. The molecule has 8 nitrogen and oxygen atoms in total. The van der Waals surface area contributed by atoms with Gasteiger partial charge in [0.1, 0.15) is 11.8 Å². The van der Waals surface area contributed by atoms with Crippen molar-refractivity contribution in [2.75, 3.05) is 32.1 Å². The summed E-state index contributed by atoms with van der Waals surface area (Å²) in [6, 6.07) is 15.4. The molecule has 2 unspecified atom stereocenters. The number of hydrogen-bond acceptors (Lipinski definition) is 4. The molecule has 1 aliphatic heterocycles. The minimum absolute atomic E-state index is 0.0585. The minimum atomic E-state index is -0.669. The number of anilines is 1. The molecule has 2 atom stereocenters. The predicted octanol–water partition coefficient (Wildman–Crippen LogP) is 3.14. The Balaban J connectivity index is 1.56. The number of nitrogens with one attached hydrogen (secondary N) is 2.